The molecule has 32 heavy (non-hydrogen) atoms. The van der Waals surface area contributed by atoms with E-state index in [9.17, 15) is 22.8 Å². The van der Waals surface area contributed by atoms with Gasteiger partial charge in [0.25, 0.3) is 5.91 Å². The molecule has 0 aliphatic heterocycles. The molecular formula is C24H27F3N2O3. The summed E-state index contributed by atoms with van der Waals surface area (Å²) in [5.41, 5.74) is 1.51. The van der Waals surface area contributed by atoms with Crippen LogP contribution in [-0.4, -0.2) is 34.8 Å². The second-order valence-corrected chi connectivity index (χ2v) is 8.91. The predicted octanol–water partition coefficient (Wildman–Crippen LogP) is 5.23. The van der Waals surface area contributed by atoms with Crippen molar-refractivity contribution in [3.05, 3.63) is 70.8 Å². The van der Waals surface area contributed by atoms with Crippen molar-refractivity contribution in [2.24, 2.45) is 0 Å². The fourth-order valence-electron chi connectivity index (χ4n) is 3.68. The van der Waals surface area contributed by atoms with E-state index in [2.05, 4.69) is 5.32 Å². The summed E-state index contributed by atoms with van der Waals surface area (Å²) in [6, 6.07) is 12.6. The van der Waals surface area contributed by atoms with E-state index in [1.54, 1.807) is 57.2 Å². The zero-order valence-corrected chi connectivity index (χ0v) is 18.3. The molecule has 172 valence electrons. The number of alkyl carbamates (subject to hydrolysis) is 1. The highest BCUT2D eigenvalue weighted by Gasteiger charge is 2.41. The van der Waals surface area contributed by atoms with Gasteiger partial charge in [-0.05, 0) is 68.9 Å². The number of alkyl halides is 3. The van der Waals surface area contributed by atoms with Crippen LogP contribution in [-0.2, 0) is 24.1 Å². The van der Waals surface area contributed by atoms with Crippen LogP contribution in [0.25, 0.3) is 0 Å². The average Bonchev–Trinajstić information content (AvgIpc) is 2.69. The van der Waals surface area contributed by atoms with Gasteiger partial charge in [-0.25, -0.2) is 9.69 Å². The summed E-state index contributed by atoms with van der Waals surface area (Å²) in [6.07, 6.45) is -3.63. The van der Waals surface area contributed by atoms with Crippen molar-refractivity contribution in [3.8, 4) is 0 Å². The molecule has 8 heteroatoms. The van der Waals surface area contributed by atoms with Gasteiger partial charge in [-0.2, -0.15) is 0 Å². The van der Waals surface area contributed by atoms with Crippen LogP contribution in [0.5, 0.6) is 0 Å². The number of amides is 2. The molecule has 1 unspecified atom stereocenters. The molecular weight excluding hydrogens is 421 g/mol. The lowest BCUT2D eigenvalue weighted by Gasteiger charge is -2.28. The molecule has 2 amide bonds. The lowest BCUT2D eigenvalue weighted by Crippen LogP contribution is -2.43. The minimum Gasteiger partial charge on any atom is -0.444 e. The fourth-order valence-corrected chi connectivity index (χ4v) is 3.68. The second kappa shape index (κ2) is 9.22. The van der Waals surface area contributed by atoms with Gasteiger partial charge in [0.15, 0.2) is 0 Å². The Labute approximate surface area is 185 Å². The maximum absolute atomic E-state index is 13.6. The highest BCUT2D eigenvalue weighted by molar-refractivity contribution is 5.94. The Balaban J connectivity index is 1.72. The van der Waals surface area contributed by atoms with Gasteiger partial charge < -0.3 is 10.1 Å². The van der Waals surface area contributed by atoms with E-state index in [0.29, 0.717) is 24.8 Å². The number of fused-ring (bicyclic) bond motifs is 1. The van der Waals surface area contributed by atoms with Gasteiger partial charge in [0.1, 0.15) is 5.60 Å². The van der Waals surface area contributed by atoms with E-state index in [1.807, 2.05) is 0 Å². The molecule has 1 atom stereocenters. The van der Waals surface area contributed by atoms with Crippen molar-refractivity contribution in [2.75, 3.05) is 0 Å². The number of carbonyl (C=O) groups excluding carboxylic acids is 2. The summed E-state index contributed by atoms with van der Waals surface area (Å²) in [6.45, 7) is 4.79. The van der Waals surface area contributed by atoms with Gasteiger partial charge in [0.2, 0.25) is 0 Å². The quantitative estimate of drug-likeness (QED) is 0.652. The maximum Gasteiger partial charge on any atom is 0.487 e. The average molecular weight is 448 g/mol. The largest absolute Gasteiger partial charge is 0.487 e. The van der Waals surface area contributed by atoms with E-state index in [1.165, 1.54) is 12.1 Å². The Morgan fingerprint density at radius 3 is 2.38 bits per heavy atom. The minimum atomic E-state index is -4.80. The van der Waals surface area contributed by atoms with Gasteiger partial charge >= 0.3 is 12.4 Å². The molecule has 3 rings (SSSR count). The first-order valence-electron chi connectivity index (χ1n) is 10.5. The van der Waals surface area contributed by atoms with Crippen LogP contribution < -0.4 is 5.32 Å². The summed E-state index contributed by atoms with van der Waals surface area (Å²) in [5, 5.41) is 2.83. The van der Waals surface area contributed by atoms with Gasteiger partial charge in [0.05, 0.1) is 6.54 Å². The van der Waals surface area contributed by atoms with Gasteiger partial charge in [0, 0.05) is 11.6 Å². The monoisotopic (exact) mass is 448 g/mol. The zero-order valence-electron chi connectivity index (χ0n) is 18.3. The molecule has 2 aromatic carbocycles. The number of nitrogens with zero attached hydrogens (tertiary/aromatic N) is 1. The Hall–Kier alpha value is -3.03. The minimum absolute atomic E-state index is 0.00411. The molecule has 0 saturated carbocycles. The normalized spacial score (nSPS) is 16.1. The molecule has 0 fully saturated rings. The predicted molar refractivity (Wildman–Crippen MR) is 114 cm³/mol. The highest BCUT2D eigenvalue weighted by atomic mass is 19.4. The standard InChI is InChI=1S/C24H27F3N2O3/c1-23(2,3)32-22(31)28-20-12-11-17-13-19(10-9-18(17)14-20)21(30)29(24(25,26)27)15-16-7-5-4-6-8-16/h4-10,13,20H,11-12,14-15H2,1-3H3,(H,28,31). The van der Waals surface area contributed by atoms with Gasteiger partial charge in [-0.1, -0.05) is 36.4 Å². The summed E-state index contributed by atoms with van der Waals surface area (Å²) < 4.78 is 46.2. The molecule has 0 saturated heterocycles. The zero-order chi connectivity index (χ0) is 23.5. The first-order valence-corrected chi connectivity index (χ1v) is 10.5. The third kappa shape index (κ3) is 6.24. The molecule has 1 N–H and O–H groups in total. The van der Waals surface area contributed by atoms with Crippen LogP contribution in [0.2, 0.25) is 0 Å². The topological polar surface area (TPSA) is 58.6 Å². The van der Waals surface area contributed by atoms with Crippen molar-refractivity contribution in [2.45, 2.75) is 64.5 Å². The lowest BCUT2D eigenvalue weighted by atomic mass is 9.87. The van der Waals surface area contributed by atoms with Crippen LogP contribution in [0.4, 0.5) is 18.0 Å². The fraction of sp³-hybridized carbons (Fsp3) is 0.417. The molecule has 0 heterocycles. The lowest BCUT2D eigenvalue weighted by molar-refractivity contribution is -0.227. The van der Waals surface area contributed by atoms with Crippen LogP contribution >= 0.6 is 0 Å². The first-order chi connectivity index (χ1) is 14.9. The number of hydrogen-bond acceptors (Lipinski definition) is 3. The van der Waals surface area contributed by atoms with Crippen molar-refractivity contribution in [3.63, 3.8) is 0 Å². The first kappa shape index (κ1) is 23.6. The van der Waals surface area contributed by atoms with E-state index in [-0.39, 0.29) is 16.5 Å². The SMILES string of the molecule is CC(C)(C)OC(=O)NC1CCc2cc(C(=O)N(Cc3ccccc3)C(F)(F)F)ccc2C1. The number of ether oxygens (including phenoxy) is 1. The number of benzene rings is 2. The Morgan fingerprint density at radius 1 is 1.06 bits per heavy atom. The van der Waals surface area contributed by atoms with Crippen LogP contribution in [0.3, 0.4) is 0 Å². The number of nitrogens with one attached hydrogen (secondary N) is 1. The molecule has 2 aromatic rings. The molecule has 0 aromatic heterocycles. The van der Waals surface area contributed by atoms with E-state index < -0.39 is 30.4 Å². The Kier molecular flexibility index (Phi) is 6.81. The summed E-state index contributed by atoms with van der Waals surface area (Å²) in [4.78, 5) is 24.7. The van der Waals surface area contributed by atoms with Crippen molar-refractivity contribution < 1.29 is 27.5 Å². The van der Waals surface area contributed by atoms with E-state index in [0.717, 1.165) is 11.1 Å². The number of carbonyl (C=O) groups is 2. The number of rotatable bonds is 4. The molecule has 0 spiro atoms. The Morgan fingerprint density at radius 2 is 1.75 bits per heavy atom. The molecule has 1 aliphatic carbocycles. The van der Waals surface area contributed by atoms with Gasteiger partial charge in [-0.15, -0.1) is 13.2 Å². The Bertz CT molecular complexity index is 969. The van der Waals surface area contributed by atoms with Gasteiger partial charge in [-0.3, -0.25) is 4.79 Å². The molecule has 0 radical (unpaired) electrons. The van der Waals surface area contributed by atoms with Crippen LogP contribution in [0.1, 0.15) is 54.2 Å². The molecule has 0 bridgehead atoms. The smallest absolute Gasteiger partial charge is 0.444 e. The maximum atomic E-state index is 13.6. The second-order valence-electron chi connectivity index (χ2n) is 8.91. The third-order valence-electron chi connectivity index (χ3n) is 5.14. The number of hydrogen-bond donors (Lipinski definition) is 1. The van der Waals surface area contributed by atoms with Crippen molar-refractivity contribution in [1.29, 1.82) is 0 Å². The number of halogens is 3. The molecule has 1 aliphatic rings. The van der Waals surface area contributed by atoms with Crippen LogP contribution in [0.15, 0.2) is 48.5 Å². The van der Waals surface area contributed by atoms with E-state index in [4.69, 9.17) is 4.74 Å². The summed E-state index contributed by atoms with van der Waals surface area (Å²) >= 11 is 0. The summed E-state index contributed by atoms with van der Waals surface area (Å²) in [5.74, 6) is -1.09. The highest BCUT2D eigenvalue weighted by Crippen LogP contribution is 2.28. The number of aryl methyl sites for hydroxylation is 1. The summed E-state index contributed by atoms with van der Waals surface area (Å²) in [7, 11) is 0. The third-order valence-corrected chi connectivity index (χ3v) is 5.14. The van der Waals surface area contributed by atoms with E-state index >= 15 is 0 Å². The van der Waals surface area contributed by atoms with Crippen molar-refractivity contribution in [1.82, 2.24) is 10.2 Å². The van der Waals surface area contributed by atoms with Crippen LogP contribution in [0, 0.1) is 0 Å². The molecule has 5 nitrogen and oxygen atoms in total. The van der Waals surface area contributed by atoms with Crippen molar-refractivity contribution >= 4 is 12.0 Å².